The van der Waals surface area contributed by atoms with Crippen LogP contribution in [0, 0.1) is 27.3 Å². The van der Waals surface area contributed by atoms with Crippen molar-refractivity contribution in [2.24, 2.45) is 0 Å². The molecule has 11 heteroatoms. The van der Waals surface area contributed by atoms with Crippen molar-refractivity contribution in [1.82, 2.24) is 14.8 Å². The molecule has 33 heavy (non-hydrogen) atoms. The highest BCUT2D eigenvalue weighted by atomic mass is 32.1. The third-order valence-corrected chi connectivity index (χ3v) is 5.38. The van der Waals surface area contributed by atoms with Crippen molar-refractivity contribution in [3.8, 4) is 22.3 Å². The minimum atomic E-state index is -0.689. The Labute approximate surface area is 190 Å². The summed E-state index contributed by atoms with van der Waals surface area (Å²) in [6, 6.07) is 16.9. The molecule has 0 unspecified atom stereocenters. The summed E-state index contributed by atoms with van der Waals surface area (Å²) < 4.78 is 14.7. The maximum absolute atomic E-state index is 13.1. The third kappa shape index (κ3) is 4.81. The highest BCUT2D eigenvalue weighted by molar-refractivity contribution is 7.18. The number of nitrogens with one attached hydrogen (secondary N) is 1. The smallest absolute Gasteiger partial charge is 0.271 e. The Balaban J connectivity index is 1.56. The van der Waals surface area contributed by atoms with E-state index in [4.69, 9.17) is 0 Å². The van der Waals surface area contributed by atoms with Gasteiger partial charge >= 0.3 is 0 Å². The first kappa shape index (κ1) is 21.5. The molecule has 0 aliphatic heterocycles. The number of amides is 1. The summed E-state index contributed by atoms with van der Waals surface area (Å²) in [7, 11) is 0. The van der Waals surface area contributed by atoms with Gasteiger partial charge in [0.05, 0.1) is 10.6 Å². The first-order chi connectivity index (χ1) is 15.9. The summed E-state index contributed by atoms with van der Waals surface area (Å²) in [6.07, 6.45) is 3.04. The molecular weight excluding hydrogens is 447 g/mol. The van der Waals surface area contributed by atoms with E-state index < -0.39 is 10.8 Å². The van der Waals surface area contributed by atoms with Crippen molar-refractivity contribution in [2.75, 3.05) is 5.32 Å². The molecule has 0 saturated carbocycles. The average Bonchev–Trinajstić information content (AvgIpc) is 3.47. The van der Waals surface area contributed by atoms with Gasteiger partial charge in [-0.05, 0) is 48.5 Å². The number of benzene rings is 2. The lowest BCUT2D eigenvalue weighted by atomic mass is 10.2. The largest absolute Gasteiger partial charge is 0.317 e. The number of nitriles is 1. The summed E-state index contributed by atoms with van der Waals surface area (Å²) in [6.45, 7) is 0. The monoisotopic (exact) mass is 460 g/mol. The Morgan fingerprint density at radius 3 is 2.70 bits per heavy atom. The van der Waals surface area contributed by atoms with Gasteiger partial charge in [0.25, 0.3) is 11.6 Å². The number of nitrogens with zero attached hydrogens (tertiary/aromatic N) is 5. The highest BCUT2D eigenvalue weighted by Crippen LogP contribution is 2.27. The second kappa shape index (κ2) is 9.21. The summed E-state index contributed by atoms with van der Waals surface area (Å²) >= 11 is 1.08. The van der Waals surface area contributed by atoms with Gasteiger partial charge in [-0.15, -0.1) is 10.2 Å². The summed E-state index contributed by atoms with van der Waals surface area (Å²) in [5, 5.41) is 31.6. The predicted octanol–water partition coefficient (Wildman–Crippen LogP) is 4.59. The lowest BCUT2D eigenvalue weighted by molar-refractivity contribution is -0.384. The van der Waals surface area contributed by atoms with Gasteiger partial charge in [0.2, 0.25) is 5.13 Å². The molecule has 1 N–H and O–H groups in total. The van der Waals surface area contributed by atoms with Crippen molar-refractivity contribution < 1.29 is 14.1 Å². The Hall–Kier alpha value is -4.69. The molecule has 0 radical (unpaired) electrons. The molecule has 0 saturated heterocycles. The zero-order chi connectivity index (χ0) is 23.4. The molecule has 0 atom stereocenters. The molecule has 0 fully saturated rings. The first-order valence-electron chi connectivity index (χ1n) is 9.39. The Morgan fingerprint density at radius 1 is 1.18 bits per heavy atom. The molecule has 4 aromatic rings. The maximum atomic E-state index is 13.1. The van der Waals surface area contributed by atoms with Gasteiger partial charge in [-0.25, -0.2) is 4.39 Å². The number of nitro benzene ring substituents is 1. The predicted molar refractivity (Wildman–Crippen MR) is 120 cm³/mol. The van der Waals surface area contributed by atoms with Gasteiger partial charge in [0.1, 0.15) is 22.5 Å². The van der Waals surface area contributed by atoms with Gasteiger partial charge < -0.3 is 4.57 Å². The van der Waals surface area contributed by atoms with Crippen LogP contribution in [0.1, 0.15) is 5.69 Å². The number of anilines is 1. The van der Waals surface area contributed by atoms with E-state index >= 15 is 0 Å². The van der Waals surface area contributed by atoms with E-state index in [1.807, 2.05) is 6.07 Å². The van der Waals surface area contributed by atoms with Crippen LogP contribution in [0.3, 0.4) is 0 Å². The van der Waals surface area contributed by atoms with Crippen LogP contribution < -0.4 is 5.32 Å². The topological polar surface area (TPSA) is 127 Å². The van der Waals surface area contributed by atoms with Crippen LogP contribution >= 0.6 is 11.3 Å². The van der Waals surface area contributed by atoms with Crippen molar-refractivity contribution >= 4 is 34.1 Å². The summed E-state index contributed by atoms with van der Waals surface area (Å²) in [4.78, 5) is 23.2. The molecule has 9 nitrogen and oxygen atoms in total. The van der Waals surface area contributed by atoms with E-state index in [2.05, 4.69) is 15.5 Å². The number of hydrogen-bond donors (Lipinski definition) is 1. The molecule has 0 aliphatic carbocycles. The first-order valence-corrected chi connectivity index (χ1v) is 10.2. The molecule has 0 bridgehead atoms. The molecule has 1 amide bonds. The lowest BCUT2D eigenvalue weighted by Crippen LogP contribution is -2.13. The number of nitro groups is 1. The average molecular weight is 460 g/mol. The van der Waals surface area contributed by atoms with Gasteiger partial charge in [0.15, 0.2) is 0 Å². The van der Waals surface area contributed by atoms with Crippen LogP contribution in [0.15, 0.2) is 72.4 Å². The second-order valence-corrected chi connectivity index (χ2v) is 7.60. The fourth-order valence-electron chi connectivity index (χ4n) is 2.95. The van der Waals surface area contributed by atoms with Crippen LogP contribution in [0.4, 0.5) is 15.2 Å². The maximum Gasteiger partial charge on any atom is 0.271 e. The number of rotatable bonds is 6. The molecule has 4 rings (SSSR count). The second-order valence-electron chi connectivity index (χ2n) is 6.62. The van der Waals surface area contributed by atoms with Gasteiger partial charge in [-0.3, -0.25) is 20.2 Å². The van der Waals surface area contributed by atoms with E-state index in [0.29, 0.717) is 22.0 Å². The van der Waals surface area contributed by atoms with Crippen molar-refractivity contribution in [2.45, 2.75) is 0 Å². The number of non-ortho nitro benzene ring substituents is 1. The molecule has 2 aromatic carbocycles. The molecule has 2 heterocycles. The van der Waals surface area contributed by atoms with Crippen LogP contribution in [0.5, 0.6) is 0 Å². The van der Waals surface area contributed by atoms with Crippen molar-refractivity contribution in [1.29, 1.82) is 5.26 Å². The standard InChI is InChI=1S/C22H13FN6O3S/c23-16-8-6-14(7-9-16)21-26-27-22(33-21)25-20(30)15(13-24)11-17-5-2-10-28(17)18-3-1-4-19(12-18)29(31)32/h1-12H,(H,25,27,30)/b15-11-. The molecular formula is C22H13FN6O3S. The minimum absolute atomic E-state index is 0.0809. The zero-order valence-electron chi connectivity index (χ0n) is 16.7. The molecule has 2 aromatic heterocycles. The fourth-order valence-corrected chi connectivity index (χ4v) is 3.69. The van der Waals surface area contributed by atoms with Gasteiger partial charge in [-0.2, -0.15) is 5.26 Å². The van der Waals surface area contributed by atoms with E-state index in [-0.39, 0.29) is 22.2 Å². The zero-order valence-corrected chi connectivity index (χ0v) is 17.5. The normalized spacial score (nSPS) is 11.1. The number of halogens is 1. The Kier molecular flexibility index (Phi) is 6.01. The number of aromatic nitrogens is 3. The molecule has 0 spiro atoms. The summed E-state index contributed by atoms with van der Waals surface area (Å²) in [5.41, 5.74) is 1.35. The van der Waals surface area contributed by atoms with Crippen LogP contribution in [-0.2, 0) is 4.79 Å². The van der Waals surface area contributed by atoms with E-state index in [9.17, 15) is 24.6 Å². The lowest BCUT2D eigenvalue weighted by Gasteiger charge is -2.07. The van der Waals surface area contributed by atoms with E-state index in [0.717, 1.165) is 11.3 Å². The fraction of sp³-hybridized carbons (Fsp3) is 0. The molecule has 162 valence electrons. The van der Waals surface area contributed by atoms with Gasteiger partial charge in [-0.1, -0.05) is 17.4 Å². The van der Waals surface area contributed by atoms with Gasteiger partial charge in [0, 0.05) is 29.6 Å². The third-order valence-electron chi connectivity index (χ3n) is 4.49. The summed E-state index contributed by atoms with van der Waals surface area (Å²) in [5.74, 6) is -1.07. The van der Waals surface area contributed by atoms with Crippen LogP contribution in [-0.4, -0.2) is 25.6 Å². The number of carbonyl (C=O) groups excluding carboxylic acids is 1. The van der Waals surface area contributed by atoms with Crippen molar-refractivity contribution in [3.63, 3.8) is 0 Å². The number of hydrogen-bond acceptors (Lipinski definition) is 7. The van der Waals surface area contributed by atoms with Crippen LogP contribution in [0.25, 0.3) is 22.3 Å². The highest BCUT2D eigenvalue weighted by Gasteiger charge is 2.15. The van der Waals surface area contributed by atoms with E-state index in [1.54, 1.807) is 47.2 Å². The molecule has 0 aliphatic rings. The Bertz CT molecular complexity index is 1420. The number of carbonyl (C=O) groups is 1. The quantitative estimate of drug-likeness (QED) is 0.194. The van der Waals surface area contributed by atoms with Crippen molar-refractivity contribution in [3.05, 3.63) is 94.1 Å². The van der Waals surface area contributed by atoms with Crippen LogP contribution in [0.2, 0.25) is 0 Å². The SMILES string of the molecule is N#C/C(=C/c1cccn1-c1cccc([N+](=O)[O-])c1)C(=O)Nc1nnc(-c2ccc(F)cc2)s1. The Morgan fingerprint density at radius 2 is 1.97 bits per heavy atom. The minimum Gasteiger partial charge on any atom is -0.317 e. The van der Waals surface area contributed by atoms with E-state index in [1.165, 1.54) is 30.3 Å².